The van der Waals surface area contributed by atoms with E-state index in [1.807, 2.05) is 30.3 Å². The van der Waals surface area contributed by atoms with E-state index in [-0.39, 0.29) is 5.21 Å². The van der Waals surface area contributed by atoms with Crippen LogP contribution in [0.15, 0.2) is 30.3 Å². The molecule has 4 nitrogen and oxygen atoms in total. The van der Waals surface area contributed by atoms with Gasteiger partial charge in [0.2, 0.25) is 10.0 Å². The third kappa shape index (κ3) is 2.91. The lowest BCUT2D eigenvalue weighted by Crippen LogP contribution is -2.48. The first-order valence-corrected chi connectivity index (χ1v) is 7.61. The van der Waals surface area contributed by atoms with Crippen LogP contribution in [0.2, 0.25) is 0 Å². The number of anilines is 1. The molecule has 0 radical (unpaired) electrons. The Balaban J connectivity index is 2.00. The monoisotopic (exact) mass is 274 g/mol. The molecule has 0 N–H and O–H groups in total. The minimum atomic E-state index is -3.25. The Morgan fingerprint density at radius 3 is 2.18 bits per heavy atom. The maximum absolute atomic E-state index is 11.6. The largest absolute Gasteiger partial charge is 0.369 e. The standard InChI is InChI=1S/C11H15ClN2O2S/c12-10-17(15,16)14-8-6-13(7-9-14)11-4-2-1-3-5-11/h1-5H,6-10H2. The number of halogens is 1. The van der Waals surface area contributed by atoms with Gasteiger partial charge in [-0.15, -0.1) is 11.6 Å². The Hall–Kier alpha value is -0.780. The molecule has 0 bridgehead atoms. The summed E-state index contributed by atoms with van der Waals surface area (Å²) in [6.45, 7) is 2.42. The number of alkyl halides is 1. The summed E-state index contributed by atoms with van der Waals surface area (Å²) in [7, 11) is -3.25. The van der Waals surface area contributed by atoms with Gasteiger partial charge < -0.3 is 4.90 Å². The summed E-state index contributed by atoms with van der Waals surface area (Å²) in [4.78, 5) is 2.18. The zero-order valence-corrected chi connectivity index (χ0v) is 11.0. The van der Waals surface area contributed by atoms with Crippen molar-refractivity contribution in [2.75, 3.05) is 36.3 Å². The zero-order chi connectivity index (χ0) is 12.3. The molecule has 1 heterocycles. The van der Waals surface area contributed by atoms with Crippen molar-refractivity contribution in [2.24, 2.45) is 0 Å². The Labute approximate surface area is 107 Å². The van der Waals surface area contributed by atoms with E-state index in [0.29, 0.717) is 26.2 Å². The molecule has 1 fully saturated rings. The summed E-state index contributed by atoms with van der Waals surface area (Å²) in [5.74, 6) is 0. The number of piperazine rings is 1. The van der Waals surface area contributed by atoms with Crippen molar-refractivity contribution in [3.8, 4) is 0 Å². The molecule has 94 valence electrons. The van der Waals surface area contributed by atoms with E-state index < -0.39 is 10.0 Å². The first-order valence-electron chi connectivity index (χ1n) is 5.47. The number of sulfonamides is 1. The average Bonchev–Trinajstić information content (AvgIpc) is 2.40. The van der Waals surface area contributed by atoms with Gasteiger partial charge in [0.05, 0.1) is 0 Å². The van der Waals surface area contributed by atoms with Crippen LogP contribution < -0.4 is 4.90 Å². The summed E-state index contributed by atoms with van der Waals surface area (Å²) < 4.78 is 24.6. The SMILES string of the molecule is O=S(=O)(CCl)N1CCN(c2ccccc2)CC1. The molecular weight excluding hydrogens is 260 g/mol. The second-order valence-corrected chi connectivity index (χ2v) is 6.50. The molecule has 0 aromatic heterocycles. The Morgan fingerprint density at radius 1 is 1.06 bits per heavy atom. The van der Waals surface area contributed by atoms with Crippen molar-refractivity contribution in [1.29, 1.82) is 0 Å². The van der Waals surface area contributed by atoms with E-state index in [4.69, 9.17) is 11.6 Å². The summed E-state index contributed by atoms with van der Waals surface area (Å²) >= 11 is 5.44. The van der Waals surface area contributed by atoms with Gasteiger partial charge >= 0.3 is 0 Å². The molecule has 1 aliphatic rings. The molecule has 0 amide bonds. The van der Waals surface area contributed by atoms with Crippen LogP contribution in [-0.4, -0.2) is 44.1 Å². The molecule has 0 atom stereocenters. The highest BCUT2D eigenvalue weighted by Gasteiger charge is 2.25. The van der Waals surface area contributed by atoms with E-state index in [1.54, 1.807) is 0 Å². The fourth-order valence-electron chi connectivity index (χ4n) is 1.93. The smallest absolute Gasteiger partial charge is 0.228 e. The maximum Gasteiger partial charge on any atom is 0.228 e. The number of benzene rings is 1. The Morgan fingerprint density at radius 2 is 1.65 bits per heavy atom. The molecule has 1 aromatic carbocycles. The van der Waals surface area contributed by atoms with Crippen LogP contribution in [-0.2, 0) is 10.0 Å². The molecule has 0 unspecified atom stereocenters. The van der Waals surface area contributed by atoms with Gasteiger partial charge in [0.1, 0.15) is 5.21 Å². The van der Waals surface area contributed by atoms with Crippen LogP contribution in [0.4, 0.5) is 5.69 Å². The summed E-state index contributed by atoms with van der Waals surface area (Å²) in [5, 5.41) is -0.335. The Kier molecular flexibility index (Phi) is 3.91. The van der Waals surface area contributed by atoms with Crippen molar-refractivity contribution in [1.82, 2.24) is 4.31 Å². The van der Waals surface area contributed by atoms with E-state index in [9.17, 15) is 8.42 Å². The van der Waals surface area contributed by atoms with Crippen LogP contribution in [0.3, 0.4) is 0 Å². The van der Waals surface area contributed by atoms with E-state index in [1.165, 1.54) is 4.31 Å². The van der Waals surface area contributed by atoms with Crippen molar-refractivity contribution >= 4 is 27.3 Å². The lowest BCUT2D eigenvalue weighted by atomic mass is 10.2. The third-order valence-corrected chi connectivity index (χ3v) is 5.15. The highest BCUT2D eigenvalue weighted by Crippen LogP contribution is 2.17. The number of rotatable bonds is 3. The summed E-state index contributed by atoms with van der Waals surface area (Å²) in [6, 6.07) is 10.0. The highest BCUT2D eigenvalue weighted by molar-refractivity contribution is 7.90. The first-order chi connectivity index (χ1) is 8.13. The van der Waals surface area contributed by atoms with Gasteiger partial charge in [-0.25, -0.2) is 8.42 Å². The predicted octanol–water partition coefficient (Wildman–Crippen LogP) is 1.33. The van der Waals surface area contributed by atoms with Crippen molar-refractivity contribution in [3.63, 3.8) is 0 Å². The van der Waals surface area contributed by atoms with Crippen molar-refractivity contribution in [2.45, 2.75) is 0 Å². The van der Waals surface area contributed by atoms with Gasteiger partial charge in [-0.1, -0.05) is 18.2 Å². The van der Waals surface area contributed by atoms with Gasteiger partial charge in [0.15, 0.2) is 0 Å². The quantitative estimate of drug-likeness (QED) is 0.781. The molecule has 1 aliphatic heterocycles. The number of para-hydroxylation sites is 1. The fourth-order valence-corrected chi connectivity index (χ4v) is 3.20. The molecule has 6 heteroatoms. The van der Waals surface area contributed by atoms with Crippen LogP contribution in [0, 0.1) is 0 Å². The van der Waals surface area contributed by atoms with Gasteiger partial charge in [-0.2, -0.15) is 4.31 Å². The minimum Gasteiger partial charge on any atom is -0.369 e. The molecular formula is C11H15ClN2O2S. The van der Waals surface area contributed by atoms with Gasteiger partial charge in [0.25, 0.3) is 0 Å². The van der Waals surface area contributed by atoms with Crippen molar-refractivity contribution in [3.05, 3.63) is 30.3 Å². The lowest BCUT2D eigenvalue weighted by Gasteiger charge is -2.35. The number of nitrogens with zero attached hydrogens (tertiary/aromatic N) is 2. The normalized spacial score (nSPS) is 18.3. The first kappa shape index (κ1) is 12.7. The summed E-state index contributed by atoms with van der Waals surface area (Å²) in [6.07, 6.45) is 0. The molecule has 0 saturated carbocycles. The molecule has 0 aliphatic carbocycles. The predicted molar refractivity (Wildman–Crippen MR) is 69.9 cm³/mol. The minimum absolute atomic E-state index is 0.335. The van der Waals surface area contributed by atoms with E-state index in [2.05, 4.69) is 4.90 Å². The van der Waals surface area contributed by atoms with E-state index in [0.717, 1.165) is 5.69 Å². The highest BCUT2D eigenvalue weighted by atomic mass is 35.5. The number of hydrogen-bond acceptors (Lipinski definition) is 3. The molecule has 17 heavy (non-hydrogen) atoms. The van der Waals surface area contributed by atoms with Crippen LogP contribution in [0.5, 0.6) is 0 Å². The van der Waals surface area contributed by atoms with Crippen LogP contribution in [0.1, 0.15) is 0 Å². The molecule has 2 rings (SSSR count). The average molecular weight is 275 g/mol. The van der Waals surface area contributed by atoms with Crippen LogP contribution >= 0.6 is 11.6 Å². The third-order valence-electron chi connectivity index (χ3n) is 2.89. The molecule has 1 aromatic rings. The zero-order valence-electron chi connectivity index (χ0n) is 9.42. The second kappa shape index (κ2) is 5.25. The lowest BCUT2D eigenvalue weighted by molar-refractivity contribution is 0.387. The maximum atomic E-state index is 11.6. The van der Waals surface area contributed by atoms with Gasteiger partial charge in [-0.3, -0.25) is 0 Å². The topological polar surface area (TPSA) is 40.6 Å². The van der Waals surface area contributed by atoms with Crippen LogP contribution in [0.25, 0.3) is 0 Å². The fraction of sp³-hybridized carbons (Fsp3) is 0.455. The number of hydrogen-bond donors (Lipinski definition) is 0. The Bertz CT molecular complexity index is 456. The van der Waals surface area contributed by atoms with Crippen molar-refractivity contribution < 1.29 is 8.42 Å². The van der Waals surface area contributed by atoms with E-state index >= 15 is 0 Å². The summed E-state index contributed by atoms with van der Waals surface area (Å²) in [5.41, 5.74) is 1.13. The molecule has 1 saturated heterocycles. The van der Waals surface area contributed by atoms with Gasteiger partial charge in [-0.05, 0) is 12.1 Å². The van der Waals surface area contributed by atoms with Gasteiger partial charge in [0, 0.05) is 31.9 Å². The second-order valence-electron chi connectivity index (χ2n) is 3.94. The molecule has 0 spiro atoms.